The van der Waals surface area contributed by atoms with E-state index >= 15 is 0 Å². The molecule has 0 fully saturated rings. The fraction of sp³-hybridized carbons (Fsp3) is 0.278. The van der Waals surface area contributed by atoms with Gasteiger partial charge in [-0.1, -0.05) is 15.9 Å². The second kappa shape index (κ2) is 7.04. The standard InChI is InChI=1S/C18H19BrN2O2/c1-13(4-6-16-3-2-10-23-16)20-18(22)12-21-9-8-14-11-15(19)5-7-17(14)21/h2-3,5,7-11,13H,4,6,12H2,1H3,(H,20,22)/t13-/m0/s1. The zero-order valence-corrected chi connectivity index (χ0v) is 14.5. The van der Waals surface area contributed by atoms with E-state index in [0.717, 1.165) is 34.0 Å². The molecule has 2 aromatic heterocycles. The Bertz CT molecular complexity index is 793. The number of nitrogens with one attached hydrogen (secondary N) is 1. The summed E-state index contributed by atoms with van der Waals surface area (Å²) in [5.41, 5.74) is 1.06. The van der Waals surface area contributed by atoms with Crippen molar-refractivity contribution in [2.75, 3.05) is 0 Å². The molecule has 3 rings (SSSR count). The molecule has 0 bridgehead atoms. The lowest BCUT2D eigenvalue weighted by atomic mass is 10.1. The number of rotatable bonds is 6. The Morgan fingerprint density at radius 2 is 2.22 bits per heavy atom. The molecule has 0 saturated carbocycles. The Morgan fingerprint density at radius 3 is 3.00 bits per heavy atom. The van der Waals surface area contributed by atoms with Crippen molar-refractivity contribution in [2.45, 2.75) is 32.4 Å². The minimum absolute atomic E-state index is 0.0253. The van der Waals surface area contributed by atoms with Crippen LogP contribution in [-0.4, -0.2) is 16.5 Å². The number of hydrogen-bond acceptors (Lipinski definition) is 2. The highest BCUT2D eigenvalue weighted by molar-refractivity contribution is 9.10. The largest absolute Gasteiger partial charge is 0.469 e. The number of amides is 1. The van der Waals surface area contributed by atoms with Gasteiger partial charge in [-0.25, -0.2) is 0 Å². The highest BCUT2D eigenvalue weighted by atomic mass is 79.9. The quantitative estimate of drug-likeness (QED) is 0.704. The number of carbonyl (C=O) groups excluding carboxylic acids is 1. The second-order valence-electron chi connectivity index (χ2n) is 5.73. The van der Waals surface area contributed by atoms with Gasteiger partial charge in [-0.3, -0.25) is 4.79 Å². The van der Waals surface area contributed by atoms with Gasteiger partial charge in [0.15, 0.2) is 0 Å². The Kier molecular flexibility index (Phi) is 4.86. The number of halogens is 1. The van der Waals surface area contributed by atoms with Crippen LogP contribution in [0.25, 0.3) is 10.9 Å². The van der Waals surface area contributed by atoms with Gasteiger partial charge in [0.2, 0.25) is 5.91 Å². The highest BCUT2D eigenvalue weighted by Gasteiger charge is 2.10. The molecule has 0 radical (unpaired) electrons. The van der Waals surface area contributed by atoms with E-state index in [1.54, 1.807) is 6.26 Å². The minimum Gasteiger partial charge on any atom is -0.469 e. The molecule has 23 heavy (non-hydrogen) atoms. The molecule has 0 unspecified atom stereocenters. The molecule has 1 aromatic carbocycles. The number of aromatic nitrogens is 1. The molecule has 5 heteroatoms. The van der Waals surface area contributed by atoms with Crippen molar-refractivity contribution >= 4 is 32.7 Å². The van der Waals surface area contributed by atoms with Crippen LogP contribution in [0.15, 0.2) is 57.7 Å². The van der Waals surface area contributed by atoms with Crippen LogP contribution in [-0.2, 0) is 17.8 Å². The summed E-state index contributed by atoms with van der Waals surface area (Å²) in [6, 6.07) is 12.0. The molecule has 2 heterocycles. The van der Waals surface area contributed by atoms with Gasteiger partial charge in [-0.05, 0) is 49.7 Å². The first-order valence-corrected chi connectivity index (χ1v) is 8.47. The van der Waals surface area contributed by atoms with E-state index in [0.29, 0.717) is 6.54 Å². The number of hydrogen-bond donors (Lipinski definition) is 1. The van der Waals surface area contributed by atoms with Crippen molar-refractivity contribution in [3.63, 3.8) is 0 Å². The third-order valence-corrected chi connectivity index (χ3v) is 4.35. The van der Waals surface area contributed by atoms with E-state index in [1.807, 2.05) is 48.0 Å². The van der Waals surface area contributed by atoms with Gasteiger partial charge in [-0.2, -0.15) is 0 Å². The van der Waals surface area contributed by atoms with E-state index in [9.17, 15) is 4.79 Å². The van der Waals surface area contributed by atoms with Crippen molar-refractivity contribution in [1.29, 1.82) is 0 Å². The molecule has 1 N–H and O–H groups in total. The van der Waals surface area contributed by atoms with E-state index in [2.05, 4.69) is 27.3 Å². The van der Waals surface area contributed by atoms with Crippen LogP contribution in [0.1, 0.15) is 19.1 Å². The summed E-state index contributed by atoms with van der Waals surface area (Å²) in [6.45, 7) is 2.35. The smallest absolute Gasteiger partial charge is 0.240 e. The van der Waals surface area contributed by atoms with Gasteiger partial charge in [-0.15, -0.1) is 0 Å². The average molecular weight is 375 g/mol. The highest BCUT2D eigenvalue weighted by Crippen LogP contribution is 2.20. The molecule has 0 aliphatic heterocycles. The monoisotopic (exact) mass is 374 g/mol. The normalized spacial score (nSPS) is 12.4. The number of furan rings is 1. The van der Waals surface area contributed by atoms with Crippen LogP contribution in [0.5, 0.6) is 0 Å². The fourth-order valence-electron chi connectivity index (χ4n) is 2.67. The summed E-state index contributed by atoms with van der Waals surface area (Å²) >= 11 is 3.46. The summed E-state index contributed by atoms with van der Waals surface area (Å²) in [6.07, 6.45) is 5.31. The van der Waals surface area contributed by atoms with Gasteiger partial charge < -0.3 is 14.3 Å². The van der Waals surface area contributed by atoms with Gasteiger partial charge in [0.25, 0.3) is 0 Å². The number of nitrogens with zero attached hydrogens (tertiary/aromatic N) is 1. The summed E-state index contributed by atoms with van der Waals surface area (Å²) in [4.78, 5) is 12.2. The lowest BCUT2D eigenvalue weighted by molar-refractivity contribution is -0.122. The Morgan fingerprint density at radius 1 is 1.35 bits per heavy atom. The van der Waals surface area contributed by atoms with Crippen LogP contribution in [0, 0.1) is 0 Å². The van der Waals surface area contributed by atoms with Crippen LogP contribution in [0.3, 0.4) is 0 Å². The van der Waals surface area contributed by atoms with Gasteiger partial charge in [0.1, 0.15) is 12.3 Å². The van der Waals surface area contributed by atoms with E-state index in [4.69, 9.17) is 4.42 Å². The zero-order chi connectivity index (χ0) is 16.2. The van der Waals surface area contributed by atoms with Crippen molar-refractivity contribution in [3.8, 4) is 0 Å². The predicted molar refractivity (Wildman–Crippen MR) is 94.3 cm³/mol. The maximum Gasteiger partial charge on any atom is 0.240 e. The third kappa shape index (κ3) is 4.05. The first-order chi connectivity index (χ1) is 11.1. The molecule has 0 spiro atoms. The average Bonchev–Trinajstić information content (AvgIpc) is 3.15. The maximum atomic E-state index is 12.2. The summed E-state index contributed by atoms with van der Waals surface area (Å²) in [5.74, 6) is 0.977. The SMILES string of the molecule is C[C@@H](CCc1ccco1)NC(=O)Cn1ccc2cc(Br)ccc21. The third-order valence-electron chi connectivity index (χ3n) is 3.86. The molecule has 120 valence electrons. The lowest BCUT2D eigenvalue weighted by Crippen LogP contribution is -2.35. The first kappa shape index (κ1) is 15.9. The first-order valence-electron chi connectivity index (χ1n) is 7.68. The summed E-state index contributed by atoms with van der Waals surface area (Å²) in [5, 5.41) is 4.17. The topological polar surface area (TPSA) is 47.2 Å². The molecule has 4 nitrogen and oxygen atoms in total. The fourth-order valence-corrected chi connectivity index (χ4v) is 3.05. The number of benzene rings is 1. The lowest BCUT2D eigenvalue weighted by Gasteiger charge is -2.14. The molecule has 0 aliphatic rings. The Labute approximate surface area is 143 Å². The summed E-state index contributed by atoms with van der Waals surface area (Å²) in [7, 11) is 0. The summed E-state index contributed by atoms with van der Waals surface area (Å²) < 4.78 is 8.32. The maximum absolute atomic E-state index is 12.2. The van der Waals surface area contributed by atoms with Crippen molar-refractivity contribution in [1.82, 2.24) is 9.88 Å². The molecule has 3 aromatic rings. The second-order valence-corrected chi connectivity index (χ2v) is 6.65. The number of aryl methyl sites for hydroxylation is 1. The molecular weight excluding hydrogens is 356 g/mol. The van der Waals surface area contributed by atoms with E-state index in [-0.39, 0.29) is 11.9 Å². The zero-order valence-electron chi connectivity index (χ0n) is 13.0. The Hall–Kier alpha value is -2.01. The number of carbonyl (C=O) groups is 1. The molecule has 1 atom stereocenters. The number of fused-ring (bicyclic) bond motifs is 1. The van der Waals surface area contributed by atoms with Crippen molar-refractivity contribution in [2.24, 2.45) is 0 Å². The van der Waals surface area contributed by atoms with E-state index in [1.165, 1.54) is 0 Å². The predicted octanol–water partition coefficient (Wildman–Crippen LogP) is 4.13. The van der Waals surface area contributed by atoms with Crippen LogP contribution in [0.4, 0.5) is 0 Å². The Balaban J connectivity index is 1.55. The van der Waals surface area contributed by atoms with Gasteiger partial charge in [0, 0.05) is 34.0 Å². The van der Waals surface area contributed by atoms with Crippen molar-refractivity contribution in [3.05, 3.63) is 59.1 Å². The molecule has 0 aliphatic carbocycles. The van der Waals surface area contributed by atoms with Gasteiger partial charge >= 0.3 is 0 Å². The minimum atomic E-state index is 0.0253. The van der Waals surface area contributed by atoms with Crippen LogP contribution in [0.2, 0.25) is 0 Å². The van der Waals surface area contributed by atoms with Gasteiger partial charge in [0.05, 0.1) is 6.26 Å². The van der Waals surface area contributed by atoms with Crippen LogP contribution < -0.4 is 5.32 Å². The molecular formula is C18H19BrN2O2. The van der Waals surface area contributed by atoms with Crippen molar-refractivity contribution < 1.29 is 9.21 Å². The van der Waals surface area contributed by atoms with Crippen LogP contribution >= 0.6 is 15.9 Å². The molecule has 1 amide bonds. The van der Waals surface area contributed by atoms with E-state index < -0.39 is 0 Å². The molecule has 0 saturated heterocycles.